The van der Waals surface area contributed by atoms with E-state index in [4.69, 9.17) is 14.2 Å². The molecule has 0 aliphatic heterocycles. The minimum absolute atomic E-state index is 0.144. The lowest BCUT2D eigenvalue weighted by atomic mass is 9.86. The van der Waals surface area contributed by atoms with Crippen molar-refractivity contribution in [3.8, 4) is 11.5 Å². The Bertz CT molecular complexity index is 1090. The predicted molar refractivity (Wildman–Crippen MR) is 131 cm³/mol. The van der Waals surface area contributed by atoms with E-state index in [9.17, 15) is 9.59 Å². The SMILES string of the molecule is CC(C)(C)c1cc(Br)ccc1OCC(=O)Oc1ccc(C(=O)OCCc2ccccc2)cc1. The van der Waals surface area contributed by atoms with Gasteiger partial charge in [-0.15, -0.1) is 0 Å². The zero-order chi connectivity index (χ0) is 23.8. The smallest absolute Gasteiger partial charge is 0.349 e. The summed E-state index contributed by atoms with van der Waals surface area (Å²) in [5.74, 6) is 0.0144. The van der Waals surface area contributed by atoms with Gasteiger partial charge in [0.25, 0.3) is 0 Å². The third kappa shape index (κ3) is 7.46. The minimum atomic E-state index is -0.532. The lowest BCUT2D eigenvalue weighted by Gasteiger charge is -2.23. The Balaban J connectivity index is 1.49. The molecule has 0 aliphatic carbocycles. The molecule has 3 rings (SSSR count). The molecule has 0 aromatic heterocycles. The Hall–Kier alpha value is -3.12. The normalized spacial score (nSPS) is 11.0. The van der Waals surface area contributed by atoms with Crippen LogP contribution in [-0.2, 0) is 21.4 Å². The molecular formula is C27H27BrO5. The molecule has 0 spiro atoms. The molecule has 3 aromatic carbocycles. The molecule has 0 N–H and O–H groups in total. The average Bonchev–Trinajstić information content (AvgIpc) is 2.79. The van der Waals surface area contributed by atoms with E-state index in [0.717, 1.165) is 15.6 Å². The fourth-order valence-corrected chi connectivity index (χ4v) is 3.52. The first-order chi connectivity index (χ1) is 15.7. The van der Waals surface area contributed by atoms with Crippen LogP contribution in [0.1, 0.15) is 42.3 Å². The van der Waals surface area contributed by atoms with Gasteiger partial charge in [0.2, 0.25) is 0 Å². The summed E-state index contributed by atoms with van der Waals surface area (Å²) in [6.45, 7) is 6.30. The highest BCUT2D eigenvalue weighted by atomic mass is 79.9. The van der Waals surface area contributed by atoms with Crippen molar-refractivity contribution in [1.82, 2.24) is 0 Å². The van der Waals surface area contributed by atoms with Gasteiger partial charge in [-0.1, -0.05) is 67.0 Å². The highest BCUT2D eigenvalue weighted by Crippen LogP contribution is 2.33. The van der Waals surface area contributed by atoms with Gasteiger partial charge in [0.15, 0.2) is 6.61 Å². The monoisotopic (exact) mass is 510 g/mol. The quantitative estimate of drug-likeness (QED) is 0.269. The zero-order valence-corrected chi connectivity index (χ0v) is 20.6. The lowest BCUT2D eigenvalue weighted by Crippen LogP contribution is -2.20. The van der Waals surface area contributed by atoms with Gasteiger partial charge in [-0.25, -0.2) is 9.59 Å². The molecule has 0 saturated carbocycles. The Labute approximate surface area is 202 Å². The largest absolute Gasteiger partial charge is 0.482 e. The molecule has 0 fully saturated rings. The molecule has 0 radical (unpaired) electrons. The molecule has 0 heterocycles. The second-order valence-electron chi connectivity index (χ2n) is 8.55. The molecule has 172 valence electrons. The summed E-state index contributed by atoms with van der Waals surface area (Å²) >= 11 is 3.47. The Morgan fingerprint density at radius 2 is 1.61 bits per heavy atom. The number of carbonyl (C=O) groups is 2. The maximum absolute atomic E-state index is 12.3. The van der Waals surface area contributed by atoms with Crippen molar-refractivity contribution in [1.29, 1.82) is 0 Å². The van der Waals surface area contributed by atoms with E-state index in [2.05, 4.69) is 36.7 Å². The molecule has 3 aromatic rings. The number of benzene rings is 3. The van der Waals surface area contributed by atoms with Crippen LogP contribution >= 0.6 is 15.9 Å². The van der Waals surface area contributed by atoms with Gasteiger partial charge in [-0.05, 0) is 53.4 Å². The fourth-order valence-electron chi connectivity index (χ4n) is 3.16. The van der Waals surface area contributed by atoms with Crippen molar-refractivity contribution in [3.05, 3.63) is 94.0 Å². The molecule has 0 saturated heterocycles. The molecule has 0 atom stereocenters. The summed E-state index contributed by atoms with van der Waals surface area (Å²) in [5, 5.41) is 0. The number of rotatable bonds is 8. The van der Waals surface area contributed by atoms with Gasteiger partial charge in [-0.3, -0.25) is 0 Å². The maximum atomic E-state index is 12.3. The van der Waals surface area contributed by atoms with Gasteiger partial charge in [0.1, 0.15) is 11.5 Å². The van der Waals surface area contributed by atoms with Crippen molar-refractivity contribution in [2.45, 2.75) is 32.6 Å². The van der Waals surface area contributed by atoms with Crippen LogP contribution in [0.15, 0.2) is 77.3 Å². The van der Waals surface area contributed by atoms with Crippen LogP contribution < -0.4 is 9.47 Å². The van der Waals surface area contributed by atoms with Crippen LogP contribution in [0.2, 0.25) is 0 Å². The van der Waals surface area contributed by atoms with Crippen molar-refractivity contribution in [2.24, 2.45) is 0 Å². The van der Waals surface area contributed by atoms with Crippen LogP contribution in [0.5, 0.6) is 11.5 Å². The zero-order valence-electron chi connectivity index (χ0n) is 19.0. The van der Waals surface area contributed by atoms with Crippen LogP contribution in [0.4, 0.5) is 0 Å². The van der Waals surface area contributed by atoms with E-state index in [1.807, 2.05) is 48.5 Å². The van der Waals surface area contributed by atoms with Crippen LogP contribution in [0.25, 0.3) is 0 Å². The summed E-state index contributed by atoms with van der Waals surface area (Å²) < 4.78 is 17.3. The highest BCUT2D eigenvalue weighted by molar-refractivity contribution is 9.10. The first-order valence-corrected chi connectivity index (χ1v) is 11.5. The third-order valence-electron chi connectivity index (χ3n) is 4.88. The topological polar surface area (TPSA) is 61.8 Å². The van der Waals surface area contributed by atoms with E-state index in [-0.39, 0.29) is 12.0 Å². The molecule has 5 nitrogen and oxygen atoms in total. The van der Waals surface area contributed by atoms with Gasteiger partial charge < -0.3 is 14.2 Å². The van der Waals surface area contributed by atoms with E-state index in [1.54, 1.807) is 24.3 Å². The summed E-state index contributed by atoms with van der Waals surface area (Å²) in [6.07, 6.45) is 0.650. The molecule has 0 amide bonds. The first-order valence-electron chi connectivity index (χ1n) is 10.7. The average molecular weight is 511 g/mol. The summed E-state index contributed by atoms with van der Waals surface area (Å²) in [4.78, 5) is 24.5. The Morgan fingerprint density at radius 3 is 2.27 bits per heavy atom. The molecule has 0 aliphatic rings. The second kappa shape index (κ2) is 11.1. The van der Waals surface area contributed by atoms with Gasteiger partial charge in [0, 0.05) is 16.5 Å². The molecular weight excluding hydrogens is 484 g/mol. The van der Waals surface area contributed by atoms with E-state index in [0.29, 0.717) is 30.1 Å². The predicted octanol–water partition coefficient (Wildman–Crippen LogP) is 6.13. The van der Waals surface area contributed by atoms with Gasteiger partial charge >= 0.3 is 11.9 Å². The van der Waals surface area contributed by atoms with Crippen LogP contribution in [0, 0.1) is 0 Å². The van der Waals surface area contributed by atoms with Gasteiger partial charge in [-0.2, -0.15) is 0 Å². The fraction of sp³-hybridized carbons (Fsp3) is 0.259. The molecule has 0 unspecified atom stereocenters. The minimum Gasteiger partial charge on any atom is -0.482 e. The second-order valence-corrected chi connectivity index (χ2v) is 9.46. The van der Waals surface area contributed by atoms with Crippen molar-refractivity contribution < 1.29 is 23.8 Å². The third-order valence-corrected chi connectivity index (χ3v) is 5.38. The number of halogens is 1. The number of carbonyl (C=O) groups excluding carboxylic acids is 2. The molecule has 0 bridgehead atoms. The van der Waals surface area contributed by atoms with E-state index >= 15 is 0 Å². The number of esters is 2. The van der Waals surface area contributed by atoms with E-state index in [1.165, 1.54) is 0 Å². The molecule has 6 heteroatoms. The van der Waals surface area contributed by atoms with Crippen molar-refractivity contribution in [3.63, 3.8) is 0 Å². The molecule has 33 heavy (non-hydrogen) atoms. The van der Waals surface area contributed by atoms with Crippen molar-refractivity contribution in [2.75, 3.05) is 13.2 Å². The summed E-state index contributed by atoms with van der Waals surface area (Å²) in [5.41, 5.74) is 2.34. The number of hydrogen-bond donors (Lipinski definition) is 0. The maximum Gasteiger partial charge on any atom is 0.349 e. The summed E-state index contributed by atoms with van der Waals surface area (Å²) in [6, 6.07) is 21.8. The Morgan fingerprint density at radius 1 is 0.909 bits per heavy atom. The van der Waals surface area contributed by atoms with Gasteiger partial charge in [0.05, 0.1) is 12.2 Å². The Kier molecular flexibility index (Phi) is 8.28. The summed E-state index contributed by atoms with van der Waals surface area (Å²) in [7, 11) is 0. The number of hydrogen-bond acceptors (Lipinski definition) is 5. The van der Waals surface area contributed by atoms with Crippen LogP contribution in [0.3, 0.4) is 0 Å². The standard InChI is InChI=1S/C27H27BrO5/c1-27(2,3)23-17-21(28)11-14-24(23)32-18-25(29)33-22-12-9-20(10-13-22)26(30)31-16-15-19-7-5-4-6-8-19/h4-14,17H,15-16,18H2,1-3H3. The van der Waals surface area contributed by atoms with Crippen molar-refractivity contribution >= 4 is 27.9 Å². The van der Waals surface area contributed by atoms with E-state index < -0.39 is 11.9 Å². The van der Waals surface area contributed by atoms with Crippen LogP contribution in [-0.4, -0.2) is 25.2 Å². The lowest BCUT2D eigenvalue weighted by molar-refractivity contribution is -0.136. The number of ether oxygens (including phenoxy) is 3. The first kappa shape index (κ1) is 24.5. The highest BCUT2D eigenvalue weighted by Gasteiger charge is 2.20.